The summed E-state index contributed by atoms with van der Waals surface area (Å²) >= 11 is 0. The van der Waals surface area contributed by atoms with Crippen LogP contribution in [0.15, 0.2) is 42.5 Å². The standard InChI is InChI=1S/C16H18FNO/c1-11-6-7-12(2)15(8-11)16(18)10-19-14-5-3-4-13(17)9-14/h3-9,16H,10,18H2,1-2H3. The molecule has 0 heterocycles. The van der Waals surface area contributed by atoms with Crippen molar-refractivity contribution >= 4 is 0 Å². The first kappa shape index (κ1) is 13.6. The van der Waals surface area contributed by atoms with Crippen molar-refractivity contribution in [1.82, 2.24) is 0 Å². The zero-order valence-corrected chi connectivity index (χ0v) is 11.2. The van der Waals surface area contributed by atoms with Gasteiger partial charge in [-0.2, -0.15) is 0 Å². The second-order valence-corrected chi connectivity index (χ2v) is 4.73. The van der Waals surface area contributed by atoms with Gasteiger partial charge >= 0.3 is 0 Å². The van der Waals surface area contributed by atoms with Gasteiger partial charge in [-0.05, 0) is 37.1 Å². The van der Waals surface area contributed by atoms with Crippen LogP contribution in [0.25, 0.3) is 0 Å². The van der Waals surface area contributed by atoms with Crippen LogP contribution in [0, 0.1) is 19.7 Å². The van der Waals surface area contributed by atoms with Gasteiger partial charge in [0.1, 0.15) is 18.2 Å². The first-order chi connectivity index (χ1) is 9.06. The van der Waals surface area contributed by atoms with Crippen LogP contribution in [0.1, 0.15) is 22.7 Å². The highest BCUT2D eigenvalue weighted by molar-refractivity contribution is 5.33. The van der Waals surface area contributed by atoms with E-state index < -0.39 is 0 Å². The SMILES string of the molecule is Cc1ccc(C)c(C(N)COc2cccc(F)c2)c1. The Labute approximate surface area is 113 Å². The first-order valence-corrected chi connectivity index (χ1v) is 6.27. The summed E-state index contributed by atoms with van der Waals surface area (Å²) in [6, 6.07) is 12.0. The molecule has 0 bridgehead atoms. The minimum atomic E-state index is -0.308. The van der Waals surface area contributed by atoms with E-state index in [4.69, 9.17) is 10.5 Å². The summed E-state index contributed by atoms with van der Waals surface area (Å²) in [6.45, 7) is 4.38. The highest BCUT2D eigenvalue weighted by Gasteiger charge is 2.10. The van der Waals surface area contributed by atoms with E-state index in [-0.39, 0.29) is 11.9 Å². The van der Waals surface area contributed by atoms with Crippen LogP contribution in [0.4, 0.5) is 4.39 Å². The molecule has 1 unspecified atom stereocenters. The molecule has 2 aromatic carbocycles. The average molecular weight is 259 g/mol. The number of nitrogens with two attached hydrogens (primary N) is 1. The Morgan fingerprint density at radius 1 is 1.16 bits per heavy atom. The number of halogens is 1. The summed E-state index contributed by atoms with van der Waals surface area (Å²) < 4.78 is 18.6. The van der Waals surface area contributed by atoms with Gasteiger partial charge in [0.2, 0.25) is 0 Å². The van der Waals surface area contributed by atoms with E-state index in [0.717, 1.165) is 11.1 Å². The van der Waals surface area contributed by atoms with Gasteiger partial charge in [0.05, 0.1) is 6.04 Å². The molecule has 2 N–H and O–H groups in total. The molecule has 0 fully saturated rings. The van der Waals surface area contributed by atoms with Gasteiger partial charge in [-0.25, -0.2) is 4.39 Å². The number of hydrogen-bond donors (Lipinski definition) is 1. The van der Waals surface area contributed by atoms with Gasteiger partial charge in [-0.1, -0.05) is 29.8 Å². The van der Waals surface area contributed by atoms with Crippen molar-refractivity contribution in [3.05, 3.63) is 65.0 Å². The molecular formula is C16H18FNO. The van der Waals surface area contributed by atoms with Crippen LogP contribution >= 0.6 is 0 Å². The molecule has 0 saturated carbocycles. The van der Waals surface area contributed by atoms with Crippen LogP contribution in [-0.4, -0.2) is 6.61 Å². The maximum atomic E-state index is 13.0. The maximum absolute atomic E-state index is 13.0. The van der Waals surface area contributed by atoms with Gasteiger partial charge in [-0.3, -0.25) is 0 Å². The molecule has 1 atom stereocenters. The Kier molecular flexibility index (Phi) is 4.17. The lowest BCUT2D eigenvalue weighted by atomic mass is 10.00. The molecule has 19 heavy (non-hydrogen) atoms. The predicted molar refractivity (Wildman–Crippen MR) is 74.7 cm³/mol. The zero-order chi connectivity index (χ0) is 13.8. The maximum Gasteiger partial charge on any atom is 0.126 e. The van der Waals surface area contributed by atoms with Crippen molar-refractivity contribution in [3.63, 3.8) is 0 Å². The van der Waals surface area contributed by atoms with E-state index in [1.165, 1.54) is 17.7 Å². The largest absolute Gasteiger partial charge is 0.492 e. The summed E-state index contributed by atoms with van der Waals surface area (Å²) in [7, 11) is 0. The monoisotopic (exact) mass is 259 g/mol. The lowest BCUT2D eigenvalue weighted by Gasteiger charge is -2.16. The molecule has 0 aliphatic rings. The number of benzene rings is 2. The molecule has 2 nitrogen and oxygen atoms in total. The lowest BCUT2D eigenvalue weighted by Crippen LogP contribution is -2.20. The fourth-order valence-electron chi connectivity index (χ4n) is 1.99. The van der Waals surface area contributed by atoms with Crippen LogP contribution in [0.5, 0.6) is 5.75 Å². The van der Waals surface area contributed by atoms with Gasteiger partial charge in [0.15, 0.2) is 0 Å². The van der Waals surface area contributed by atoms with Crippen LogP contribution < -0.4 is 10.5 Å². The van der Waals surface area contributed by atoms with Crippen molar-refractivity contribution in [1.29, 1.82) is 0 Å². The zero-order valence-electron chi connectivity index (χ0n) is 11.2. The fourth-order valence-corrected chi connectivity index (χ4v) is 1.99. The van der Waals surface area contributed by atoms with Crippen molar-refractivity contribution in [3.8, 4) is 5.75 Å². The van der Waals surface area contributed by atoms with Crippen molar-refractivity contribution in [2.24, 2.45) is 5.73 Å². The molecule has 0 amide bonds. The Hall–Kier alpha value is -1.87. The second-order valence-electron chi connectivity index (χ2n) is 4.73. The lowest BCUT2D eigenvalue weighted by molar-refractivity contribution is 0.289. The van der Waals surface area contributed by atoms with Gasteiger partial charge in [0, 0.05) is 6.07 Å². The van der Waals surface area contributed by atoms with Crippen molar-refractivity contribution in [2.45, 2.75) is 19.9 Å². The predicted octanol–water partition coefficient (Wildman–Crippen LogP) is 3.52. The third-order valence-corrected chi connectivity index (χ3v) is 3.06. The Morgan fingerprint density at radius 3 is 2.68 bits per heavy atom. The van der Waals surface area contributed by atoms with Gasteiger partial charge < -0.3 is 10.5 Å². The molecule has 3 heteroatoms. The molecule has 0 aliphatic heterocycles. The average Bonchev–Trinajstić information content (AvgIpc) is 2.39. The second kappa shape index (κ2) is 5.85. The van der Waals surface area contributed by atoms with E-state index in [1.54, 1.807) is 12.1 Å². The Balaban J connectivity index is 2.05. The molecular weight excluding hydrogens is 241 g/mol. The quantitative estimate of drug-likeness (QED) is 0.911. The minimum Gasteiger partial charge on any atom is -0.492 e. The summed E-state index contributed by atoms with van der Waals surface area (Å²) in [5.41, 5.74) is 9.51. The van der Waals surface area contributed by atoms with Crippen molar-refractivity contribution in [2.75, 3.05) is 6.61 Å². The summed E-state index contributed by atoms with van der Waals surface area (Å²) in [4.78, 5) is 0. The molecule has 0 aromatic heterocycles. The normalized spacial score (nSPS) is 12.2. The minimum absolute atomic E-state index is 0.219. The number of ether oxygens (including phenoxy) is 1. The van der Waals surface area contributed by atoms with Gasteiger partial charge in [-0.15, -0.1) is 0 Å². The third kappa shape index (κ3) is 3.55. The van der Waals surface area contributed by atoms with Crippen LogP contribution in [0.2, 0.25) is 0 Å². The van der Waals surface area contributed by atoms with Crippen LogP contribution in [-0.2, 0) is 0 Å². The van der Waals surface area contributed by atoms with Gasteiger partial charge in [0.25, 0.3) is 0 Å². The van der Waals surface area contributed by atoms with E-state index in [9.17, 15) is 4.39 Å². The van der Waals surface area contributed by atoms with E-state index in [1.807, 2.05) is 19.9 Å². The molecule has 0 spiro atoms. The summed E-state index contributed by atoms with van der Waals surface area (Å²) in [5.74, 6) is 0.193. The van der Waals surface area contributed by atoms with Crippen molar-refractivity contribution < 1.29 is 9.13 Å². The molecule has 100 valence electrons. The van der Waals surface area contributed by atoms with E-state index >= 15 is 0 Å². The summed E-state index contributed by atoms with van der Waals surface area (Å²) in [6.07, 6.45) is 0. The summed E-state index contributed by atoms with van der Waals surface area (Å²) in [5, 5.41) is 0. The molecule has 0 radical (unpaired) electrons. The number of hydrogen-bond acceptors (Lipinski definition) is 2. The van der Waals surface area contributed by atoms with Crippen LogP contribution in [0.3, 0.4) is 0 Å². The smallest absolute Gasteiger partial charge is 0.126 e. The van der Waals surface area contributed by atoms with E-state index in [0.29, 0.717) is 12.4 Å². The Bertz CT molecular complexity index is 568. The fraction of sp³-hybridized carbons (Fsp3) is 0.250. The highest BCUT2D eigenvalue weighted by atomic mass is 19.1. The number of rotatable bonds is 4. The third-order valence-electron chi connectivity index (χ3n) is 3.06. The molecule has 2 rings (SSSR count). The first-order valence-electron chi connectivity index (χ1n) is 6.27. The molecule has 0 aliphatic carbocycles. The molecule has 0 saturated heterocycles. The topological polar surface area (TPSA) is 35.2 Å². The molecule has 2 aromatic rings. The number of aryl methyl sites for hydroxylation is 2. The Morgan fingerprint density at radius 2 is 1.95 bits per heavy atom. The van der Waals surface area contributed by atoms with E-state index in [2.05, 4.69) is 12.1 Å². The highest BCUT2D eigenvalue weighted by Crippen LogP contribution is 2.19.